The minimum atomic E-state index is -3.18. The van der Waals surface area contributed by atoms with Crippen molar-refractivity contribution >= 4 is 15.7 Å². The summed E-state index contributed by atoms with van der Waals surface area (Å²) in [5.41, 5.74) is 2.41. The van der Waals surface area contributed by atoms with Gasteiger partial charge in [-0.3, -0.25) is 4.79 Å². The highest BCUT2D eigenvalue weighted by atomic mass is 32.2. The number of sulfone groups is 1. The predicted octanol–water partition coefficient (Wildman–Crippen LogP) is 2.63. The van der Waals surface area contributed by atoms with Gasteiger partial charge in [0, 0.05) is 6.26 Å². The molecule has 1 heterocycles. The van der Waals surface area contributed by atoms with Crippen LogP contribution in [-0.4, -0.2) is 20.6 Å². The molecule has 1 amide bonds. The molecule has 5 nitrogen and oxygen atoms in total. The highest BCUT2D eigenvalue weighted by Gasteiger charge is 2.23. The van der Waals surface area contributed by atoms with Gasteiger partial charge in [0.2, 0.25) is 0 Å². The Kier molecular flexibility index (Phi) is 4.26. The van der Waals surface area contributed by atoms with Crippen molar-refractivity contribution in [1.82, 2.24) is 5.32 Å². The van der Waals surface area contributed by atoms with Gasteiger partial charge in [0.1, 0.15) is 11.5 Å². The lowest BCUT2D eigenvalue weighted by atomic mass is 9.88. The van der Waals surface area contributed by atoms with Gasteiger partial charge in [-0.1, -0.05) is 24.3 Å². The van der Waals surface area contributed by atoms with Gasteiger partial charge in [-0.2, -0.15) is 0 Å². The largest absolute Gasteiger partial charge is 0.455 e. The summed E-state index contributed by atoms with van der Waals surface area (Å²) in [6.07, 6.45) is 4.08. The van der Waals surface area contributed by atoms with Gasteiger partial charge >= 0.3 is 0 Å². The molecule has 1 aromatic heterocycles. The normalized spacial score (nSPS) is 17.5. The number of nitrogens with one attached hydrogen (secondary N) is 1. The molecule has 0 bridgehead atoms. The fraction of sp³-hybridized carbons (Fsp3) is 0.353. The third kappa shape index (κ3) is 3.82. The Morgan fingerprint density at radius 3 is 2.83 bits per heavy atom. The molecule has 23 heavy (non-hydrogen) atoms. The molecule has 0 radical (unpaired) electrons. The molecule has 0 unspecified atom stereocenters. The van der Waals surface area contributed by atoms with Gasteiger partial charge in [0.05, 0.1) is 6.04 Å². The second kappa shape index (κ2) is 6.20. The maximum absolute atomic E-state index is 12.3. The van der Waals surface area contributed by atoms with Crippen LogP contribution in [0.2, 0.25) is 0 Å². The quantitative estimate of drug-likeness (QED) is 0.933. The summed E-state index contributed by atoms with van der Waals surface area (Å²) in [6.45, 7) is 0. The van der Waals surface area contributed by atoms with Crippen molar-refractivity contribution in [3.8, 4) is 0 Å². The van der Waals surface area contributed by atoms with Crippen LogP contribution >= 0.6 is 0 Å². The average molecular weight is 333 g/mol. The van der Waals surface area contributed by atoms with E-state index in [-0.39, 0.29) is 29.2 Å². The molecule has 1 aliphatic carbocycles. The third-order valence-electron chi connectivity index (χ3n) is 3.96. The summed E-state index contributed by atoms with van der Waals surface area (Å²) in [5, 5.41) is 2.99. The zero-order chi connectivity index (χ0) is 16.4. The Morgan fingerprint density at radius 2 is 2.04 bits per heavy atom. The number of hydrogen-bond donors (Lipinski definition) is 1. The first-order chi connectivity index (χ1) is 10.9. The Hall–Kier alpha value is -2.08. The first-order valence-corrected chi connectivity index (χ1v) is 9.63. The van der Waals surface area contributed by atoms with Gasteiger partial charge in [0.15, 0.2) is 15.6 Å². The van der Waals surface area contributed by atoms with Crippen molar-refractivity contribution in [3.63, 3.8) is 0 Å². The molecule has 0 spiro atoms. The Morgan fingerprint density at radius 1 is 1.26 bits per heavy atom. The Labute approximate surface area is 135 Å². The fourth-order valence-electron chi connectivity index (χ4n) is 2.97. The van der Waals surface area contributed by atoms with Crippen molar-refractivity contribution in [2.75, 3.05) is 6.26 Å². The number of amides is 1. The van der Waals surface area contributed by atoms with E-state index in [0.29, 0.717) is 0 Å². The fourth-order valence-corrected chi connectivity index (χ4v) is 3.64. The molecule has 6 heteroatoms. The molecule has 1 atom stereocenters. The zero-order valence-electron chi connectivity index (χ0n) is 12.9. The molecule has 2 aromatic rings. The maximum Gasteiger partial charge on any atom is 0.287 e. The number of rotatable bonds is 4. The van der Waals surface area contributed by atoms with Crippen molar-refractivity contribution in [1.29, 1.82) is 0 Å². The number of carbonyl (C=O) groups is 1. The van der Waals surface area contributed by atoms with E-state index in [9.17, 15) is 13.2 Å². The molecule has 3 rings (SSSR count). The van der Waals surface area contributed by atoms with E-state index in [0.717, 1.165) is 31.1 Å². The molecule has 0 saturated carbocycles. The first-order valence-electron chi connectivity index (χ1n) is 7.57. The summed E-state index contributed by atoms with van der Waals surface area (Å²) < 4.78 is 27.9. The lowest BCUT2D eigenvalue weighted by molar-refractivity contribution is 0.0903. The summed E-state index contributed by atoms with van der Waals surface area (Å²) >= 11 is 0. The number of fused-ring (bicyclic) bond motifs is 1. The maximum atomic E-state index is 12.3. The van der Waals surface area contributed by atoms with E-state index in [2.05, 4.69) is 11.4 Å². The van der Waals surface area contributed by atoms with Crippen LogP contribution in [0, 0.1) is 0 Å². The van der Waals surface area contributed by atoms with Gasteiger partial charge < -0.3 is 9.73 Å². The predicted molar refractivity (Wildman–Crippen MR) is 86.8 cm³/mol. The van der Waals surface area contributed by atoms with Crippen molar-refractivity contribution in [2.24, 2.45) is 0 Å². The minimum Gasteiger partial charge on any atom is -0.455 e. The smallest absolute Gasteiger partial charge is 0.287 e. The van der Waals surface area contributed by atoms with Gasteiger partial charge in [-0.25, -0.2) is 8.42 Å². The van der Waals surface area contributed by atoms with Crippen LogP contribution in [0.1, 0.15) is 46.3 Å². The van der Waals surface area contributed by atoms with Gasteiger partial charge in [-0.15, -0.1) is 0 Å². The SMILES string of the molecule is CS(=O)(=O)Cc1ccc(C(=O)N[C@H]2CCCc3ccccc32)o1. The highest BCUT2D eigenvalue weighted by Crippen LogP contribution is 2.29. The highest BCUT2D eigenvalue weighted by molar-refractivity contribution is 7.89. The Bertz CT molecular complexity index is 823. The second-order valence-corrected chi connectivity index (χ2v) is 8.09. The van der Waals surface area contributed by atoms with E-state index in [1.54, 1.807) is 0 Å². The summed E-state index contributed by atoms with van der Waals surface area (Å²) in [7, 11) is -3.18. The van der Waals surface area contributed by atoms with E-state index in [4.69, 9.17) is 4.42 Å². The number of hydrogen-bond acceptors (Lipinski definition) is 4. The first kappa shape index (κ1) is 15.8. The molecular weight excluding hydrogens is 314 g/mol. The lowest BCUT2D eigenvalue weighted by Crippen LogP contribution is -2.30. The van der Waals surface area contributed by atoms with E-state index in [1.807, 2.05) is 18.2 Å². The average Bonchev–Trinajstić information content (AvgIpc) is 2.94. The van der Waals surface area contributed by atoms with Crippen LogP contribution in [-0.2, 0) is 22.0 Å². The second-order valence-electron chi connectivity index (χ2n) is 5.95. The molecule has 0 fully saturated rings. The molecule has 1 aliphatic rings. The topological polar surface area (TPSA) is 76.4 Å². The van der Waals surface area contributed by atoms with Crippen LogP contribution in [0.3, 0.4) is 0 Å². The molecule has 1 N–H and O–H groups in total. The number of benzene rings is 1. The monoisotopic (exact) mass is 333 g/mol. The van der Waals surface area contributed by atoms with Crippen LogP contribution in [0.15, 0.2) is 40.8 Å². The molecule has 1 aromatic carbocycles. The lowest BCUT2D eigenvalue weighted by Gasteiger charge is -2.25. The van der Waals surface area contributed by atoms with Crippen LogP contribution in [0.25, 0.3) is 0 Å². The van der Waals surface area contributed by atoms with Crippen LogP contribution in [0.4, 0.5) is 0 Å². The van der Waals surface area contributed by atoms with Crippen LogP contribution in [0.5, 0.6) is 0 Å². The summed E-state index contributed by atoms with van der Waals surface area (Å²) in [4.78, 5) is 12.3. The molecular formula is C17H19NO4S. The molecule has 122 valence electrons. The van der Waals surface area contributed by atoms with Gasteiger partial charge in [0.25, 0.3) is 5.91 Å². The van der Waals surface area contributed by atoms with E-state index < -0.39 is 9.84 Å². The number of furan rings is 1. The zero-order valence-corrected chi connectivity index (χ0v) is 13.7. The summed E-state index contributed by atoms with van der Waals surface area (Å²) in [6, 6.07) is 11.1. The minimum absolute atomic E-state index is 0.0316. The van der Waals surface area contributed by atoms with Gasteiger partial charge in [-0.05, 0) is 42.5 Å². The third-order valence-corrected chi connectivity index (χ3v) is 4.77. The van der Waals surface area contributed by atoms with Crippen LogP contribution < -0.4 is 5.32 Å². The molecule has 0 aliphatic heterocycles. The number of carbonyl (C=O) groups excluding carboxylic acids is 1. The van der Waals surface area contributed by atoms with Crippen molar-refractivity contribution < 1.29 is 17.6 Å². The Balaban J connectivity index is 1.73. The van der Waals surface area contributed by atoms with E-state index >= 15 is 0 Å². The van der Waals surface area contributed by atoms with Crippen molar-refractivity contribution in [2.45, 2.75) is 31.1 Å². The van der Waals surface area contributed by atoms with Crippen molar-refractivity contribution in [3.05, 3.63) is 59.0 Å². The summed E-state index contributed by atoms with van der Waals surface area (Å²) in [5.74, 6) is -0.0909. The standard InChI is InChI=1S/C17H19NO4S/c1-23(20,21)11-13-9-10-16(22-13)17(19)18-15-8-4-6-12-5-2-3-7-14(12)15/h2-3,5,7,9-10,15H,4,6,8,11H2,1H3,(H,18,19)/t15-/m0/s1. The number of aryl methyl sites for hydroxylation is 1. The van der Waals surface area contributed by atoms with E-state index in [1.165, 1.54) is 17.7 Å². The molecule has 0 saturated heterocycles.